The molecule has 12 nitrogen and oxygen atoms in total. The number of rotatable bonds is 8. The molecule has 0 unspecified atom stereocenters. The van der Waals surface area contributed by atoms with Crippen molar-refractivity contribution in [3.63, 3.8) is 0 Å². The summed E-state index contributed by atoms with van der Waals surface area (Å²) >= 11 is 0. The van der Waals surface area contributed by atoms with Gasteiger partial charge in [0.15, 0.2) is 13.5 Å². The van der Waals surface area contributed by atoms with Crippen LogP contribution in [-0.2, 0) is 28.6 Å². The van der Waals surface area contributed by atoms with Crippen LogP contribution in [-0.4, -0.2) is 77.3 Å². The fourth-order valence-corrected chi connectivity index (χ4v) is 1.73. The molecular formula is C16H17N3O9. The molecule has 0 aromatic carbocycles. The molecule has 1 aliphatic rings. The van der Waals surface area contributed by atoms with E-state index in [1.165, 1.54) is 6.08 Å². The van der Waals surface area contributed by atoms with Crippen molar-refractivity contribution in [2.75, 3.05) is 26.6 Å². The second-order valence-electron chi connectivity index (χ2n) is 4.88. The van der Waals surface area contributed by atoms with Crippen molar-refractivity contribution >= 4 is 36.0 Å². The number of nitrogens with zero attached hydrogens (tertiary/aromatic N) is 3. The third-order valence-electron chi connectivity index (χ3n) is 3.05. The number of esters is 2. The third-order valence-corrected chi connectivity index (χ3v) is 3.05. The molecule has 0 saturated carbocycles. The Morgan fingerprint density at radius 3 is 2.00 bits per heavy atom. The predicted molar refractivity (Wildman–Crippen MR) is 90.0 cm³/mol. The Labute approximate surface area is 159 Å². The first-order chi connectivity index (χ1) is 13.3. The van der Waals surface area contributed by atoms with Crippen molar-refractivity contribution in [3.05, 3.63) is 38.0 Å². The second-order valence-corrected chi connectivity index (χ2v) is 4.88. The Morgan fingerprint density at radius 2 is 1.46 bits per heavy atom. The van der Waals surface area contributed by atoms with Crippen LogP contribution in [0.25, 0.3) is 0 Å². The standard InChI is InChI=1S/C16H17N3O9/c1-4-7-26-16(25)19-14(23)17(9-27-12(21)5-2)8-11(20)18(15(19)24)10-28-13(22)6-3/h4-6H,1-3,7-10H2. The number of ether oxygens (including phenoxy) is 3. The number of hydrogen-bond donors (Lipinski definition) is 0. The maximum atomic E-state index is 12.5. The maximum Gasteiger partial charge on any atom is 0.426 e. The molecule has 1 aliphatic heterocycles. The van der Waals surface area contributed by atoms with Gasteiger partial charge in [-0.25, -0.2) is 28.9 Å². The van der Waals surface area contributed by atoms with Crippen molar-refractivity contribution in [1.82, 2.24) is 14.7 Å². The van der Waals surface area contributed by atoms with Crippen LogP contribution in [0.2, 0.25) is 0 Å². The van der Waals surface area contributed by atoms with Gasteiger partial charge in [-0.15, -0.1) is 4.90 Å². The van der Waals surface area contributed by atoms with Crippen LogP contribution in [0.15, 0.2) is 38.0 Å². The van der Waals surface area contributed by atoms with Crippen LogP contribution in [0.3, 0.4) is 0 Å². The van der Waals surface area contributed by atoms with Gasteiger partial charge in [0.1, 0.15) is 13.2 Å². The molecular weight excluding hydrogens is 378 g/mol. The van der Waals surface area contributed by atoms with E-state index in [1.807, 2.05) is 0 Å². The van der Waals surface area contributed by atoms with Crippen molar-refractivity contribution in [2.45, 2.75) is 0 Å². The summed E-state index contributed by atoms with van der Waals surface area (Å²) in [7, 11) is 0. The summed E-state index contributed by atoms with van der Waals surface area (Å²) in [5, 5.41) is 0. The van der Waals surface area contributed by atoms with Crippen LogP contribution in [0.4, 0.5) is 14.4 Å². The third kappa shape index (κ3) is 5.52. The molecule has 0 radical (unpaired) electrons. The Bertz CT molecular complexity index is 731. The van der Waals surface area contributed by atoms with E-state index < -0.39 is 56.0 Å². The van der Waals surface area contributed by atoms with E-state index >= 15 is 0 Å². The number of carbonyl (C=O) groups is 6. The van der Waals surface area contributed by atoms with Gasteiger partial charge in [0.2, 0.25) is 0 Å². The van der Waals surface area contributed by atoms with Gasteiger partial charge in [-0.1, -0.05) is 25.8 Å². The van der Waals surface area contributed by atoms with E-state index in [0.717, 1.165) is 12.2 Å². The Hall–Kier alpha value is -3.96. The van der Waals surface area contributed by atoms with Crippen molar-refractivity contribution < 1.29 is 43.0 Å². The van der Waals surface area contributed by atoms with Gasteiger partial charge in [0, 0.05) is 12.2 Å². The van der Waals surface area contributed by atoms with Crippen LogP contribution in [0, 0.1) is 0 Å². The number of carbonyl (C=O) groups excluding carboxylic acids is 6. The Morgan fingerprint density at radius 1 is 0.893 bits per heavy atom. The van der Waals surface area contributed by atoms with Gasteiger partial charge in [-0.05, 0) is 0 Å². The molecule has 12 heteroatoms. The summed E-state index contributed by atoms with van der Waals surface area (Å²) in [4.78, 5) is 72.8. The number of hydrogen-bond acceptors (Lipinski definition) is 9. The first-order valence-electron chi connectivity index (χ1n) is 7.56. The van der Waals surface area contributed by atoms with E-state index in [-0.39, 0.29) is 11.5 Å². The lowest BCUT2D eigenvalue weighted by Crippen LogP contribution is -2.51. The minimum Gasteiger partial charge on any atom is -0.444 e. The zero-order chi connectivity index (χ0) is 21.3. The number of imide groups is 4. The molecule has 1 heterocycles. The van der Waals surface area contributed by atoms with Crippen molar-refractivity contribution in [1.29, 1.82) is 0 Å². The smallest absolute Gasteiger partial charge is 0.426 e. The van der Waals surface area contributed by atoms with Gasteiger partial charge < -0.3 is 14.2 Å². The average molecular weight is 395 g/mol. The van der Waals surface area contributed by atoms with Crippen molar-refractivity contribution in [2.24, 2.45) is 0 Å². The minimum absolute atomic E-state index is 0.00209. The molecule has 0 aliphatic carbocycles. The molecule has 0 N–H and O–H groups in total. The van der Waals surface area contributed by atoms with Crippen LogP contribution in [0.5, 0.6) is 0 Å². The lowest BCUT2D eigenvalue weighted by molar-refractivity contribution is -0.147. The molecule has 0 aromatic rings. The van der Waals surface area contributed by atoms with Gasteiger partial charge >= 0.3 is 30.1 Å². The first kappa shape index (κ1) is 22.1. The lowest BCUT2D eigenvalue weighted by atomic mass is 10.5. The normalized spacial score (nSPS) is 14.1. The molecule has 0 bridgehead atoms. The van der Waals surface area contributed by atoms with E-state index in [2.05, 4.69) is 33.9 Å². The molecule has 0 spiro atoms. The average Bonchev–Trinajstić information content (AvgIpc) is 2.76. The summed E-state index contributed by atoms with van der Waals surface area (Å²) in [6, 6.07) is -2.71. The molecule has 1 fully saturated rings. The molecule has 0 atom stereocenters. The monoisotopic (exact) mass is 395 g/mol. The van der Waals surface area contributed by atoms with Gasteiger partial charge in [0.05, 0.1) is 0 Å². The highest BCUT2D eigenvalue weighted by Crippen LogP contribution is 2.14. The van der Waals surface area contributed by atoms with Crippen LogP contribution in [0.1, 0.15) is 0 Å². The Kier molecular flexibility index (Phi) is 8.09. The Balaban J connectivity index is 3.16. The highest BCUT2D eigenvalue weighted by atomic mass is 16.6. The molecule has 6 amide bonds. The largest absolute Gasteiger partial charge is 0.444 e. The molecule has 1 saturated heterocycles. The van der Waals surface area contributed by atoms with Gasteiger partial charge in [0.25, 0.3) is 5.91 Å². The zero-order valence-electron chi connectivity index (χ0n) is 14.7. The second kappa shape index (κ2) is 10.3. The topological polar surface area (TPSA) is 140 Å². The quantitative estimate of drug-likeness (QED) is 0.247. The zero-order valence-corrected chi connectivity index (χ0v) is 14.7. The van der Waals surface area contributed by atoms with E-state index in [4.69, 9.17) is 0 Å². The predicted octanol–water partition coefficient (Wildman–Crippen LogP) is 0.369. The van der Waals surface area contributed by atoms with Crippen LogP contribution < -0.4 is 0 Å². The van der Waals surface area contributed by atoms with Crippen molar-refractivity contribution in [3.8, 4) is 0 Å². The summed E-state index contributed by atoms with van der Waals surface area (Å²) in [6.07, 6.45) is 1.37. The maximum absolute atomic E-state index is 12.5. The van der Waals surface area contributed by atoms with Gasteiger partial charge in [-0.2, -0.15) is 0 Å². The first-order valence-corrected chi connectivity index (χ1v) is 7.56. The van der Waals surface area contributed by atoms with E-state index in [0.29, 0.717) is 9.80 Å². The van der Waals surface area contributed by atoms with E-state index in [1.54, 1.807) is 0 Å². The van der Waals surface area contributed by atoms with Gasteiger partial charge in [-0.3, -0.25) is 9.69 Å². The SMILES string of the molecule is C=CCOC(=O)N1C(=O)N(COC(=O)C=C)CC(=O)N(COC(=O)C=C)C1=O. The molecule has 150 valence electrons. The fourth-order valence-electron chi connectivity index (χ4n) is 1.73. The molecule has 0 aromatic heterocycles. The summed E-state index contributed by atoms with van der Waals surface area (Å²) in [5.41, 5.74) is 0. The number of urea groups is 2. The summed E-state index contributed by atoms with van der Waals surface area (Å²) < 4.78 is 14.0. The van der Waals surface area contributed by atoms with Crippen LogP contribution >= 0.6 is 0 Å². The fraction of sp³-hybridized carbons (Fsp3) is 0.250. The minimum atomic E-state index is -1.42. The number of amides is 6. The highest BCUT2D eigenvalue weighted by Gasteiger charge is 2.44. The summed E-state index contributed by atoms with van der Waals surface area (Å²) in [6.45, 7) is 6.91. The highest BCUT2D eigenvalue weighted by molar-refractivity contribution is 6.14. The van der Waals surface area contributed by atoms with E-state index in [9.17, 15) is 28.8 Å². The summed E-state index contributed by atoms with van der Waals surface area (Å²) in [5.74, 6) is -2.87. The lowest BCUT2D eigenvalue weighted by Gasteiger charge is -2.23. The molecule has 1 rings (SSSR count). The molecule has 28 heavy (non-hydrogen) atoms.